The van der Waals surface area contributed by atoms with Gasteiger partial charge in [0.25, 0.3) is 0 Å². The van der Waals surface area contributed by atoms with Gasteiger partial charge in [0.1, 0.15) is 5.60 Å². The molecular weight excluding hydrogens is 288 g/mol. The first kappa shape index (κ1) is 16.1. The van der Waals surface area contributed by atoms with Crippen LogP contribution < -0.4 is 0 Å². The van der Waals surface area contributed by atoms with Crippen LogP contribution in [-0.4, -0.2) is 47.1 Å². The van der Waals surface area contributed by atoms with Crippen LogP contribution in [0.25, 0.3) is 0 Å². The molecule has 2 rings (SSSR count). The number of ether oxygens (including phenoxy) is 2. The van der Waals surface area contributed by atoms with Gasteiger partial charge in [-0.25, -0.2) is 9.59 Å². The summed E-state index contributed by atoms with van der Waals surface area (Å²) in [6, 6.07) is 1.49. The molecule has 2 heterocycles. The van der Waals surface area contributed by atoms with E-state index in [2.05, 4.69) is 0 Å². The van der Waals surface area contributed by atoms with Crippen LogP contribution in [0.4, 0.5) is 4.79 Å². The number of methoxy groups -OCH3 is 1. The zero-order chi connectivity index (χ0) is 16.5. The molecule has 1 aromatic heterocycles. The van der Waals surface area contributed by atoms with E-state index in [-0.39, 0.29) is 6.54 Å². The summed E-state index contributed by atoms with van der Waals surface area (Å²) >= 11 is 0. The number of rotatable bonds is 2. The van der Waals surface area contributed by atoms with Crippen molar-refractivity contribution in [1.82, 2.24) is 9.47 Å². The third-order valence-electron chi connectivity index (χ3n) is 3.35. The van der Waals surface area contributed by atoms with Gasteiger partial charge in [-0.15, -0.1) is 0 Å². The van der Waals surface area contributed by atoms with Crippen LogP contribution in [0.3, 0.4) is 0 Å². The molecule has 0 aliphatic carbocycles. The van der Waals surface area contributed by atoms with Gasteiger partial charge < -0.3 is 18.9 Å². The molecule has 1 amide bonds. The lowest BCUT2D eigenvalue weighted by atomic mass is 10.2. The maximum atomic E-state index is 12.2. The Bertz CT molecular complexity index is 612. The lowest BCUT2D eigenvalue weighted by molar-refractivity contribution is 0.0195. The summed E-state index contributed by atoms with van der Waals surface area (Å²) < 4.78 is 11.8. The second-order valence-corrected chi connectivity index (χ2v) is 6.09. The van der Waals surface area contributed by atoms with Crippen LogP contribution >= 0.6 is 0 Å². The first-order valence-electron chi connectivity index (χ1n) is 7.00. The van der Waals surface area contributed by atoms with E-state index in [0.717, 1.165) is 0 Å². The Morgan fingerprint density at radius 3 is 2.50 bits per heavy atom. The Morgan fingerprint density at radius 2 is 1.95 bits per heavy atom. The van der Waals surface area contributed by atoms with E-state index in [1.807, 2.05) is 0 Å². The highest BCUT2D eigenvalue weighted by atomic mass is 16.6. The molecule has 1 aliphatic heterocycles. The van der Waals surface area contributed by atoms with E-state index in [1.54, 1.807) is 25.3 Å². The number of aromatic nitrogens is 1. The van der Waals surface area contributed by atoms with Crippen molar-refractivity contribution in [2.75, 3.05) is 13.7 Å². The average Bonchev–Trinajstić information content (AvgIpc) is 2.82. The molecule has 1 aliphatic rings. The standard InChI is InChI=1S/C15H20N2O5/c1-15(2,3)22-14(20)16-5-6-17-10(9-18)7-11(12(17)8-16)13(19)21-4/h7,9H,5-6,8H2,1-4H3. The number of carbonyl (C=O) groups is 3. The molecule has 0 fully saturated rings. The number of nitrogens with zero attached hydrogens (tertiary/aromatic N) is 2. The molecule has 120 valence electrons. The molecule has 0 aromatic carbocycles. The minimum atomic E-state index is -0.588. The van der Waals surface area contributed by atoms with Crippen LogP contribution in [0.15, 0.2) is 6.07 Å². The van der Waals surface area contributed by atoms with Gasteiger partial charge in [-0.2, -0.15) is 0 Å². The summed E-state index contributed by atoms with van der Waals surface area (Å²) in [5, 5.41) is 0. The maximum Gasteiger partial charge on any atom is 0.410 e. The lowest BCUT2D eigenvalue weighted by Crippen LogP contribution is -2.42. The molecule has 0 saturated heterocycles. The SMILES string of the molecule is COC(=O)c1cc(C=O)n2c1CN(C(=O)OC(C)(C)C)CC2. The van der Waals surface area contributed by atoms with Gasteiger partial charge in [-0.3, -0.25) is 4.79 Å². The molecule has 7 nitrogen and oxygen atoms in total. The molecule has 1 aromatic rings. The summed E-state index contributed by atoms with van der Waals surface area (Å²) in [4.78, 5) is 36.6. The van der Waals surface area contributed by atoms with Crippen molar-refractivity contribution in [3.63, 3.8) is 0 Å². The van der Waals surface area contributed by atoms with Crippen LogP contribution in [-0.2, 0) is 22.6 Å². The molecule has 22 heavy (non-hydrogen) atoms. The van der Waals surface area contributed by atoms with E-state index in [9.17, 15) is 14.4 Å². The number of carbonyl (C=O) groups excluding carboxylic acids is 3. The number of aldehydes is 1. The zero-order valence-electron chi connectivity index (χ0n) is 13.2. The second kappa shape index (κ2) is 5.82. The summed E-state index contributed by atoms with van der Waals surface area (Å²) in [5.41, 5.74) is 0.707. The largest absolute Gasteiger partial charge is 0.465 e. The van der Waals surface area contributed by atoms with Crippen molar-refractivity contribution in [3.8, 4) is 0 Å². The molecular formula is C15H20N2O5. The fourth-order valence-corrected chi connectivity index (χ4v) is 2.39. The predicted molar refractivity (Wildman–Crippen MR) is 77.8 cm³/mol. The third-order valence-corrected chi connectivity index (χ3v) is 3.35. The normalized spacial score (nSPS) is 14.3. The van der Waals surface area contributed by atoms with E-state index in [0.29, 0.717) is 36.3 Å². The highest BCUT2D eigenvalue weighted by Crippen LogP contribution is 2.23. The Morgan fingerprint density at radius 1 is 1.27 bits per heavy atom. The molecule has 0 N–H and O–H groups in total. The molecule has 7 heteroatoms. The zero-order valence-corrected chi connectivity index (χ0v) is 13.2. The average molecular weight is 308 g/mol. The van der Waals surface area contributed by atoms with Gasteiger partial charge in [0.2, 0.25) is 0 Å². The first-order valence-corrected chi connectivity index (χ1v) is 7.00. The molecule has 0 spiro atoms. The van der Waals surface area contributed by atoms with Crippen LogP contribution in [0.2, 0.25) is 0 Å². The number of hydrogen-bond acceptors (Lipinski definition) is 5. The van der Waals surface area contributed by atoms with Crippen LogP contribution in [0, 0.1) is 0 Å². The van der Waals surface area contributed by atoms with Gasteiger partial charge in [-0.1, -0.05) is 0 Å². The molecule has 0 unspecified atom stereocenters. The van der Waals surface area contributed by atoms with E-state index in [1.165, 1.54) is 18.1 Å². The summed E-state index contributed by atoms with van der Waals surface area (Å²) in [6.45, 7) is 6.43. The number of hydrogen-bond donors (Lipinski definition) is 0. The summed E-state index contributed by atoms with van der Waals surface area (Å²) in [5.74, 6) is -0.525. The molecule has 0 atom stereocenters. The maximum absolute atomic E-state index is 12.2. The van der Waals surface area contributed by atoms with Gasteiger partial charge in [0.15, 0.2) is 6.29 Å². The van der Waals surface area contributed by atoms with Crippen molar-refractivity contribution in [2.24, 2.45) is 0 Å². The van der Waals surface area contributed by atoms with Crippen molar-refractivity contribution in [2.45, 2.75) is 39.5 Å². The first-order chi connectivity index (χ1) is 10.3. The fraction of sp³-hybridized carbons (Fsp3) is 0.533. The van der Waals surface area contributed by atoms with Crippen LogP contribution in [0.5, 0.6) is 0 Å². The van der Waals surface area contributed by atoms with Gasteiger partial charge in [-0.05, 0) is 26.8 Å². The molecule has 0 saturated carbocycles. The smallest absolute Gasteiger partial charge is 0.410 e. The Kier molecular flexibility index (Phi) is 4.25. The van der Waals surface area contributed by atoms with E-state index >= 15 is 0 Å². The third kappa shape index (κ3) is 3.13. The number of fused-ring (bicyclic) bond motifs is 1. The number of esters is 1. The highest BCUT2D eigenvalue weighted by molar-refractivity contribution is 5.93. The predicted octanol–water partition coefficient (Wildman–Crippen LogP) is 1.84. The van der Waals surface area contributed by atoms with Crippen molar-refractivity contribution >= 4 is 18.3 Å². The second-order valence-electron chi connectivity index (χ2n) is 6.09. The Hall–Kier alpha value is -2.31. The van der Waals surface area contributed by atoms with Gasteiger partial charge in [0, 0.05) is 13.1 Å². The quantitative estimate of drug-likeness (QED) is 0.615. The van der Waals surface area contributed by atoms with E-state index in [4.69, 9.17) is 9.47 Å². The lowest BCUT2D eigenvalue weighted by Gasteiger charge is -2.31. The van der Waals surface area contributed by atoms with Crippen molar-refractivity contribution < 1.29 is 23.9 Å². The van der Waals surface area contributed by atoms with Gasteiger partial charge >= 0.3 is 12.1 Å². The highest BCUT2D eigenvalue weighted by Gasteiger charge is 2.30. The summed E-state index contributed by atoms with van der Waals surface area (Å²) in [6.07, 6.45) is 0.252. The Labute approximate surface area is 128 Å². The minimum absolute atomic E-state index is 0.202. The minimum Gasteiger partial charge on any atom is -0.465 e. The molecule has 0 radical (unpaired) electrons. The summed E-state index contributed by atoms with van der Waals surface area (Å²) in [7, 11) is 1.28. The fourth-order valence-electron chi connectivity index (χ4n) is 2.39. The number of amides is 1. The molecule has 0 bridgehead atoms. The van der Waals surface area contributed by atoms with Crippen molar-refractivity contribution in [1.29, 1.82) is 0 Å². The van der Waals surface area contributed by atoms with Crippen molar-refractivity contribution in [3.05, 3.63) is 23.0 Å². The van der Waals surface area contributed by atoms with Crippen LogP contribution in [0.1, 0.15) is 47.3 Å². The van der Waals surface area contributed by atoms with Gasteiger partial charge in [0.05, 0.1) is 30.6 Å². The topological polar surface area (TPSA) is 77.8 Å². The van der Waals surface area contributed by atoms with E-state index < -0.39 is 17.7 Å². The Balaban J connectivity index is 2.29. The monoisotopic (exact) mass is 308 g/mol.